The maximum atomic E-state index is 12.3. The molecule has 1 amide bonds. The van der Waals surface area contributed by atoms with Crippen LogP contribution in [-0.2, 0) is 16.0 Å². The van der Waals surface area contributed by atoms with Crippen molar-refractivity contribution >= 4 is 17.7 Å². The number of carbonyl (C=O) groups excluding carboxylic acids is 1. The van der Waals surface area contributed by atoms with Crippen LogP contribution in [0.25, 0.3) is 5.69 Å². The van der Waals surface area contributed by atoms with E-state index in [0.29, 0.717) is 32.7 Å². The number of aromatic nitrogens is 3. The molecule has 1 saturated heterocycles. The lowest BCUT2D eigenvalue weighted by Crippen LogP contribution is -2.40. The Hall–Kier alpha value is -2.64. The summed E-state index contributed by atoms with van der Waals surface area (Å²) in [6, 6.07) is 20.5. The third-order valence-electron chi connectivity index (χ3n) is 5.05. The van der Waals surface area contributed by atoms with Gasteiger partial charge in [0.25, 0.3) is 0 Å². The standard InChI is InChI=1S/C23H26N4O2S/c28-22(26-13-15-29-16-14-26)12-7-17-30-23-25-24-21(18-19-8-3-1-4-9-19)27(23)20-10-5-2-6-11-20/h1-6,8-11H,7,12-18H2. The highest BCUT2D eigenvalue weighted by molar-refractivity contribution is 7.99. The van der Waals surface area contributed by atoms with Crippen LogP contribution >= 0.6 is 11.8 Å². The molecule has 1 aliphatic heterocycles. The van der Waals surface area contributed by atoms with Crippen molar-refractivity contribution in [2.24, 2.45) is 0 Å². The predicted molar refractivity (Wildman–Crippen MR) is 118 cm³/mol. The quantitative estimate of drug-likeness (QED) is 0.410. The third-order valence-corrected chi connectivity index (χ3v) is 6.06. The number of nitrogens with zero attached hydrogens (tertiary/aromatic N) is 4. The lowest BCUT2D eigenvalue weighted by atomic mass is 10.1. The van der Waals surface area contributed by atoms with E-state index in [9.17, 15) is 4.79 Å². The van der Waals surface area contributed by atoms with E-state index in [1.807, 2.05) is 41.3 Å². The molecule has 2 heterocycles. The molecule has 1 fully saturated rings. The number of para-hydroxylation sites is 1. The lowest BCUT2D eigenvalue weighted by Gasteiger charge is -2.26. The van der Waals surface area contributed by atoms with Gasteiger partial charge in [-0.05, 0) is 24.1 Å². The minimum atomic E-state index is 0.216. The first kappa shape index (κ1) is 20.6. The maximum Gasteiger partial charge on any atom is 0.222 e. The average Bonchev–Trinajstić information content (AvgIpc) is 3.20. The third kappa shape index (κ3) is 5.29. The number of hydrogen-bond donors (Lipinski definition) is 0. The number of thioether (sulfide) groups is 1. The Labute approximate surface area is 181 Å². The number of carbonyl (C=O) groups is 1. The van der Waals surface area contributed by atoms with E-state index >= 15 is 0 Å². The topological polar surface area (TPSA) is 60.2 Å². The fourth-order valence-corrected chi connectivity index (χ4v) is 4.39. The molecule has 1 aliphatic rings. The highest BCUT2D eigenvalue weighted by Crippen LogP contribution is 2.24. The minimum Gasteiger partial charge on any atom is -0.378 e. The van der Waals surface area contributed by atoms with Crippen LogP contribution in [0.2, 0.25) is 0 Å². The van der Waals surface area contributed by atoms with Gasteiger partial charge in [-0.2, -0.15) is 0 Å². The van der Waals surface area contributed by atoms with Crippen molar-refractivity contribution in [1.29, 1.82) is 0 Å². The molecular formula is C23H26N4O2S. The molecule has 4 rings (SSSR count). The first-order valence-corrected chi connectivity index (χ1v) is 11.3. The summed E-state index contributed by atoms with van der Waals surface area (Å²) >= 11 is 1.66. The molecule has 0 saturated carbocycles. The molecule has 0 atom stereocenters. The van der Waals surface area contributed by atoms with Crippen LogP contribution in [-0.4, -0.2) is 57.6 Å². The van der Waals surface area contributed by atoms with Gasteiger partial charge in [0.05, 0.1) is 13.2 Å². The van der Waals surface area contributed by atoms with Crippen molar-refractivity contribution in [3.05, 3.63) is 72.1 Å². The zero-order chi connectivity index (χ0) is 20.6. The van der Waals surface area contributed by atoms with Crippen LogP contribution < -0.4 is 0 Å². The Balaban J connectivity index is 1.41. The van der Waals surface area contributed by atoms with E-state index in [1.165, 1.54) is 5.56 Å². The normalized spacial score (nSPS) is 14.1. The SMILES string of the molecule is O=C(CCCSc1nnc(Cc2ccccc2)n1-c1ccccc1)N1CCOCC1. The van der Waals surface area contributed by atoms with Crippen LogP contribution in [0, 0.1) is 0 Å². The smallest absolute Gasteiger partial charge is 0.222 e. The molecule has 3 aromatic rings. The molecule has 156 valence electrons. The molecule has 2 aromatic carbocycles. The summed E-state index contributed by atoms with van der Waals surface area (Å²) in [7, 11) is 0. The average molecular weight is 423 g/mol. The van der Waals surface area contributed by atoms with Crippen LogP contribution in [0.15, 0.2) is 65.8 Å². The zero-order valence-corrected chi connectivity index (χ0v) is 17.8. The second kappa shape index (κ2) is 10.4. The Morgan fingerprint density at radius 2 is 1.67 bits per heavy atom. The van der Waals surface area contributed by atoms with Crippen LogP contribution in [0.3, 0.4) is 0 Å². The predicted octanol–water partition coefficient (Wildman–Crippen LogP) is 3.59. The Bertz CT molecular complexity index is 940. The number of amides is 1. The van der Waals surface area contributed by atoms with E-state index < -0.39 is 0 Å². The lowest BCUT2D eigenvalue weighted by molar-refractivity contribution is -0.135. The van der Waals surface area contributed by atoms with Crippen molar-refractivity contribution in [2.75, 3.05) is 32.1 Å². The number of hydrogen-bond acceptors (Lipinski definition) is 5. The second-order valence-electron chi connectivity index (χ2n) is 7.18. The monoisotopic (exact) mass is 422 g/mol. The molecule has 0 N–H and O–H groups in total. The van der Waals surface area contributed by atoms with Crippen molar-refractivity contribution in [3.8, 4) is 5.69 Å². The highest BCUT2D eigenvalue weighted by Gasteiger charge is 2.17. The highest BCUT2D eigenvalue weighted by atomic mass is 32.2. The fraction of sp³-hybridized carbons (Fsp3) is 0.348. The Morgan fingerprint density at radius 1 is 0.967 bits per heavy atom. The van der Waals surface area contributed by atoms with Crippen molar-refractivity contribution in [1.82, 2.24) is 19.7 Å². The summed E-state index contributed by atoms with van der Waals surface area (Å²) in [6.07, 6.45) is 2.10. The van der Waals surface area contributed by atoms with Crippen LogP contribution in [0.4, 0.5) is 0 Å². The fourth-order valence-electron chi connectivity index (χ4n) is 3.48. The summed E-state index contributed by atoms with van der Waals surface area (Å²) in [5, 5.41) is 9.80. The van der Waals surface area contributed by atoms with Gasteiger partial charge in [-0.3, -0.25) is 9.36 Å². The van der Waals surface area contributed by atoms with Crippen molar-refractivity contribution in [2.45, 2.75) is 24.4 Å². The molecule has 6 nitrogen and oxygen atoms in total. The van der Waals surface area contributed by atoms with Crippen molar-refractivity contribution < 1.29 is 9.53 Å². The van der Waals surface area contributed by atoms with Gasteiger partial charge < -0.3 is 9.64 Å². The number of benzene rings is 2. The summed E-state index contributed by atoms with van der Waals surface area (Å²) in [4.78, 5) is 14.2. The van der Waals surface area contributed by atoms with E-state index in [4.69, 9.17) is 4.74 Å². The number of morpholine rings is 1. The van der Waals surface area contributed by atoms with E-state index in [-0.39, 0.29) is 5.91 Å². The Morgan fingerprint density at radius 3 is 2.40 bits per heavy atom. The van der Waals surface area contributed by atoms with Gasteiger partial charge in [0.15, 0.2) is 5.16 Å². The van der Waals surface area contributed by atoms with E-state index in [0.717, 1.165) is 35.3 Å². The summed E-state index contributed by atoms with van der Waals surface area (Å²) in [5.41, 5.74) is 2.26. The first-order valence-electron chi connectivity index (χ1n) is 10.3. The molecule has 0 radical (unpaired) electrons. The van der Waals surface area contributed by atoms with Crippen molar-refractivity contribution in [3.63, 3.8) is 0 Å². The van der Waals surface area contributed by atoms with E-state index in [1.54, 1.807) is 11.8 Å². The number of rotatable bonds is 8. The van der Waals surface area contributed by atoms with Gasteiger partial charge in [-0.1, -0.05) is 60.3 Å². The van der Waals surface area contributed by atoms with Gasteiger partial charge >= 0.3 is 0 Å². The van der Waals surface area contributed by atoms with E-state index in [2.05, 4.69) is 39.0 Å². The largest absolute Gasteiger partial charge is 0.378 e. The molecule has 0 bridgehead atoms. The summed E-state index contributed by atoms with van der Waals surface area (Å²) in [5.74, 6) is 1.96. The minimum absolute atomic E-state index is 0.216. The second-order valence-corrected chi connectivity index (χ2v) is 8.24. The van der Waals surface area contributed by atoms with Gasteiger partial charge in [0, 0.05) is 37.4 Å². The molecule has 7 heteroatoms. The van der Waals surface area contributed by atoms with Crippen LogP contribution in [0.5, 0.6) is 0 Å². The van der Waals surface area contributed by atoms with Gasteiger partial charge in [-0.25, -0.2) is 0 Å². The first-order chi connectivity index (χ1) is 14.8. The van der Waals surface area contributed by atoms with Gasteiger partial charge in [0.2, 0.25) is 5.91 Å². The van der Waals surface area contributed by atoms with Crippen LogP contribution in [0.1, 0.15) is 24.2 Å². The molecule has 1 aromatic heterocycles. The summed E-state index contributed by atoms with van der Waals surface area (Å²) in [6.45, 7) is 2.70. The molecule has 0 aliphatic carbocycles. The maximum absolute atomic E-state index is 12.3. The van der Waals surface area contributed by atoms with Gasteiger partial charge in [0.1, 0.15) is 5.82 Å². The Kier molecular flexibility index (Phi) is 7.16. The number of ether oxygens (including phenoxy) is 1. The van der Waals surface area contributed by atoms with Gasteiger partial charge in [-0.15, -0.1) is 10.2 Å². The zero-order valence-electron chi connectivity index (χ0n) is 16.9. The molecule has 0 spiro atoms. The molecule has 30 heavy (non-hydrogen) atoms. The molecule has 0 unspecified atom stereocenters. The molecular weight excluding hydrogens is 396 g/mol. The summed E-state index contributed by atoms with van der Waals surface area (Å²) < 4.78 is 7.44.